The number of carbonyl (C=O) groups excluding carboxylic acids is 3. The van der Waals surface area contributed by atoms with Gasteiger partial charge in [0.25, 0.3) is 0 Å². The Morgan fingerprint density at radius 1 is 1.13 bits per heavy atom. The third-order valence-electron chi connectivity index (χ3n) is 6.88. The number of nitrogens with one attached hydrogen (secondary N) is 1. The second-order valence-corrected chi connectivity index (χ2v) is 8.75. The van der Waals surface area contributed by atoms with Crippen molar-refractivity contribution in [3.05, 3.63) is 30.6 Å². The summed E-state index contributed by atoms with van der Waals surface area (Å²) in [5, 5.41) is 2.91. The first-order valence-electron chi connectivity index (χ1n) is 11.0. The number of likely N-dealkylation sites (tertiary alicyclic amines) is 1. The van der Waals surface area contributed by atoms with Crippen molar-refractivity contribution < 1.29 is 18.8 Å². The number of imide groups is 1. The molecule has 5 rings (SSSR count). The van der Waals surface area contributed by atoms with Crippen molar-refractivity contribution in [2.75, 3.05) is 13.1 Å². The van der Waals surface area contributed by atoms with E-state index in [4.69, 9.17) is 0 Å². The van der Waals surface area contributed by atoms with Crippen LogP contribution in [-0.4, -0.2) is 68.5 Å². The zero-order valence-corrected chi connectivity index (χ0v) is 17.2. The molecule has 4 amide bonds. The van der Waals surface area contributed by atoms with E-state index in [2.05, 4.69) is 10.3 Å². The van der Waals surface area contributed by atoms with Gasteiger partial charge in [0.05, 0.1) is 23.3 Å². The Morgan fingerprint density at radius 3 is 2.71 bits per heavy atom. The molecular formula is C22H26FN5O3. The van der Waals surface area contributed by atoms with E-state index in [1.54, 1.807) is 11.2 Å². The van der Waals surface area contributed by atoms with Crippen molar-refractivity contribution in [1.82, 2.24) is 24.7 Å². The molecule has 3 atom stereocenters. The molecule has 3 fully saturated rings. The molecule has 3 heterocycles. The van der Waals surface area contributed by atoms with Crippen LogP contribution in [0.3, 0.4) is 0 Å². The summed E-state index contributed by atoms with van der Waals surface area (Å²) in [5.74, 6) is -0.745. The number of imidazole rings is 1. The predicted molar refractivity (Wildman–Crippen MR) is 111 cm³/mol. The molecule has 8 nitrogen and oxygen atoms in total. The summed E-state index contributed by atoms with van der Waals surface area (Å²) in [7, 11) is 0. The highest BCUT2D eigenvalue weighted by Gasteiger charge is 2.47. The summed E-state index contributed by atoms with van der Waals surface area (Å²) in [6.07, 6.45) is 2.83. The number of fused-ring (bicyclic) bond motifs is 2. The second-order valence-electron chi connectivity index (χ2n) is 8.75. The molecule has 2 saturated heterocycles. The van der Waals surface area contributed by atoms with E-state index in [-0.39, 0.29) is 42.9 Å². The zero-order valence-electron chi connectivity index (χ0n) is 17.2. The van der Waals surface area contributed by atoms with Gasteiger partial charge in [-0.3, -0.25) is 14.5 Å². The van der Waals surface area contributed by atoms with Crippen molar-refractivity contribution in [3.8, 4) is 0 Å². The maximum Gasteiger partial charge on any atom is 0.324 e. The number of alkyl halides is 1. The van der Waals surface area contributed by atoms with Crippen molar-refractivity contribution >= 4 is 28.9 Å². The van der Waals surface area contributed by atoms with Gasteiger partial charge in [-0.2, -0.15) is 0 Å². The Morgan fingerprint density at radius 2 is 1.90 bits per heavy atom. The van der Waals surface area contributed by atoms with Gasteiger partial charge in [-0.05, 0) is 44.2 Å². The number of hydrogen-bond donors (Lipinski definition) is 1. The first kappa shape index (κ1) is 20.0. The van der Waals surface area contributed by atoms with Crippen molar-refractivity contribution in [3.63, 3.8) is 0 Å². The summed E-state index contributed by atoms with van der Waals surface area (Å²) in [4.78, 5) is 45.8. The average Bonchev–Trinajstić information content (AvgIpc) is 3.18. The minimum atomic E-state index is -0.985. The van der Waals surface area contributed by atoms with E-state index in [1.165, 1.54) is 4.90 Å². The van der Waals surface area contributed by atoms with Crippen LogP contribution in [0.2, 0.25) is 0 Å². The monoisotopic (exact) mass is 427 g/mol. The van der Waals surface area contributed by atoms with Gasteiger partial charge >= 0.3 is 6.03 Å². The number of para-hydroxylation sites is 2. The number of hydrogen-bond acceptors (Lipinski definition) is 4. The van der Waals surface area contributed by atoms with Gasteiger partial charge in [-0.25, -0.2) is 14.2 Å². The van der Waals surface area contributed by atoms with Crippen LogP contribution < -0.4 is 5.32 Å². The molecule has 3 unspecified atom stereocenters. The van der Waals surface area contributed by atoms with E-state index in [0.29, 0.717) is 38.8 Å². The lowest BCUT2D eigenvalue weighted by atomic mass is 9.80. The second kappa shape index (κ2) is 7.94. The fraction of sp³-hybridized carbons (Fsp3) is 0.545. The van der Waals surface area contributed by atoms with Gasteiger partial charge in [-0.15, -0.1) is 0 Å². The van der Waals surface area contributed by atoms with Crippen LogP contribution in [0.25, 0.3) is 11.0 Å². The Kier molecular flexibility index (Phi) is 5.11. The number of urea groups is 1. The smallest absolute Gasteiger partial charge is 0.324 e. The standard InChI is InChI=1S/C22H26FN5O3/c23-14-5-6-17-16(11-14)21(30)28(22(31)25-17)15-7-9-26(10-8-15)20(29)12-27-13-24-18-3-1-2-4-19(18)27/h1-4,13-17H,5-12H2,(H,25,31). The van der Waals surface area contributed by atoms with Gasteiger partial charge in [0.2, 0.25) is 11.8 Å². The summed E-state index contributed by atoms with van der Waals surface area (Å²) >= 11 is 0. The molecule has 9 heteroatoms. The molecule has 1 N–H and O–H groups in total. The van der Waals surface area contributed by atoms with Gasteiger partial charge < -0.3 is 14.8 Å². The highest BCUT2D eigenvalue weighted by atomic mass is 19.1. The average molecular weight is 427 g/mol. The largest absolute Gasteiger partial charge is 0.341 e. The molecule has 3 aliphatic rings. The zero-order chi connectivity index (χ0) is 21.5. The number of nitrogens with zero attached hydrogens (tertiary/aromatic N) is 4. The van der Waals surface area contributed by atoms with Gasteiger partial charge in [0.1, 0.15) is 12.7 Å². The van der Waals surface area contributed by atoms with Gasteiger partial charge in [0.15, 0.2) is 0 Å². The molecule has 0 bridgehead atoms. The fourth-order valence-corrected chi connectivity index (χ4v) is 5.17. The number of benzene rings is 1. The molecule has 1 aromatic heterocycles. The van der Waals surface area contributed by atoms with Gasteiger partial charge in [0, 0.05) is 25.2 Å². The first-order chi connectivity index (χ1) is 15.0. The SMILES string of the molecule is O=C(Cn1cnc2ccccc21)N1CCC(N2C(=O)NC3CCC(F)CC3C2=O)CC1. The van der Waals surface area contributed by atoms with Crippen LogP contribution in [-0.2, 0) is 16.1 Å². The predicted octanol–water partition coefficient (Wildman–Crippen LogP) is 2.09. The first-order valence-corrected chi connectivity index (χ1v) is 11.0. The molecule has 0 spiro atoms. The van der Waals surface area contributed by atoms with Crippen LogP contribution in [0.15, 0.2) is 30.6 Å². The molecule has 1 saturated carbocycles. The molecule has 2 aliphatic heterocycles. The summed E-state index contributed by atoms with van der Waals surface area (Å²) in [6.45, 7) is 1.16. The van der Waals surface area contributed by atoms with E-state index in [1.807, 2.05) is 28.8 Å². The van der Waals surface area contributed by atoms with E-state index >= 15 is 0 Å². The quantitative estimate of drug-likeness (QED) is 0.813. The van der Waals surface area contributed by atoms with Crippen LogP contribution in [0.4, 0.5) is 9.18 Å². The van der Waals surface area contributed by atoms with Gasteiger partial charge in [-0.1, -0.05) is 12.1 Å². The fourth-order valence-electron chi connectivity index (χ4n) is 5.17. The lowest BCUT2D eigenvalue weighted by Gasteiger charge is -2.45. The molecule has 1 aromatic carbocycles. The highest BCUT2D eigenvalue weighted by Crippen LogP contribution is 2.33. The van der Waals surface area contributed by atoms with E-state index in [0.717, 1.165) is 11.0 Å². The summed E-state index contributed by atoms with van der Waals surface area (Å²) in [6, 6.07) is 6.78. The number of rotatable bonds is 3. The van der Waals surface area contributed by atoms with E-state index in [9.17, 15) is 18.8 Å². The normalized spacial score (nSPS) is 27.3. The molecule has 1 aliphatic carbocycles. The van der Waals surface area contributed by atoms with Crippen LogP contribution >= 0.6 is 0 Å². The van der Waals surface area contributed by atoms with Crippen LogP contribution in [0.5, 0.6) is 0 Å². The van der Waals surface area contributed by atoms with Crippen molar-refractivity contribution in [1.29, 1.82) is 0 Å². The number of piperidine rings is 1. The van der Waals surface area contributed by atoms with Crippen molar-refractivity contribution in [2.45, 2.75) is 56.9 Å². The number of halogens is 1. The topological polar surface area (TPSA) is 87.5 Å². The Balaban J connectivity index is 1.21. The molecule has 2 aromatic rings. The lowest BCUT2D eigenvalue weighted by Crippen LogP contribution is -2.65. The van der Waals surface area contributed by atoms with E-state index < -0.39 is 12.1 Å². The molecule has 31 heavy (non-hydrogen) atoms. The summed E-state index contributed by atoms with van der Waals surface area (Å²) < 4.78 is 15.7. The third kappa shape index (κ3) is 3.66. The third-order valence-corrected chi connectivity index (χ3v) is 6.88. The number of amides is 4. The number of carbonyl (C=O) groups is 3. The summed E-state index contributed by atoms with van der Waals surface area (Å²) in [5.41, 5.74) is 1.76. The molecule has 164 valence electrons. The number of aromatic nitrogens is 2. The maximum absolute atomic E-state index is 13.9. The Hall–Kier alpha value is -2.97. The maximum atomic E-state index is 13.9. The highest BCUT2D eigenvalue weighted by molar-refractivity contribution is 5.99. The Labute approximate surface area is 179 Å². The minimum Gasteiger partial charge on any atom is -0.341 e. The van der Waals surface area contributed by atoms with Crippen LogP contribution in [0, 0.1) is 5.92 Å². The van der Waals surface area contributed by atoms with Crippen LogP contribution in [0.1, 0.15) is 32.1 Å². The minimum absolute atomic E-state index is 0.0105. The Bertz CT molecular complexity index is 1020. The lowest BCUT2D eigenvalue weighted by molar-refractivity contribution is -0.141. The molecule has 0 radical (unpaired) electrons. The van der Waals surface area contributed by atoms with Crippen molar-refractivity contribution in [2.24, 2.45) is 5.92 Å². The molecular weight excluding hydrogens is 401 g/mol.